The lowest BCUT2D eigenvalue weighted by Crippen LogP contribution is -2.51. The van der Waals surface area contributed by atoms with E-state index in [9.17, 15) is 14.4 Å². The van der Waals surface area contributed by atoms with E-state index in [1.54, 1.807) is 4.90 Å². The summed E-state index contributed by atoms with van der Waals surface area (Å²) in [5.41, 5.74) is 3.94. The van der Waals surface area contributed by atoms with Gasteiger partial charge in [-0.2, -0.15) is 5.10 Å². The molecule has 0 radical (unpaired) electrons. The zero-order valence-electron chi connectivity index (χ0n) is 19.7. The van der Waals surface area contributed by atoms with Crippen LogP contribution in [0.25, 0.3) is 10.9 Å². The summed E-state index contributed by atoms with van der Waals surface area (Å²) in [6.07, 6.45) is 3.26. The van der Waals surface area contributed by atoms with E-state index in [-0.39, 0.29) is 30.6 Å². The molecule has 35 heavy (non-hydrogen) atoms. The average Bonchev–Trinajstić information content (AvgIpc) is 3.56. The van der Waals surface area contributed by atoms with Gasteiger partial charge in [-0.15, -0.1) is 0 Å². The van der Waals surface area contributed by atoms with E-state index in [1.807, 2.05) is 65.7 Å². The fourth-order valence-electron chi connectivity index (χ4n) is 4.73. The van der Waals surface area contributed by atoms with Gasteiger partial charge in [0.15, 0.2) is 0 Å². The minimum atomic E-state index is -0.128. The fourth-order valence-corrected chi connectivity index (χ4v) is 4.73. The van der Waals surface area contributed by atoms with Crippen molar-refractivity contribution in [2.24, 2.45) is 5.10 Å². The molecule has 0 aliphatic carbocycles. The van der Waals surface area contributed by atoms with Gasteiger partial charge in [0, 0.05) is 62.5 Å². The quantitative estimate of drug-likeness (QED) is 0.600. The summed E-state index contributed by atoms with van der Waals surface area (Å²) < 4.78 is 0. The van der Waals surface area contributed by atoms with Gasteiger partial charge in [-0.25, -0.2) is 5.01 Å². The Balaban J connectivity index is 1.07. The molecule has 0 spiro atoms. The number of piperazine rings is 1. The standard InChI is InChI=1S/C27H29N5O3/c33-25(10-11-26(34)32-13-12-23(29-32)20-6-2-1-3-7-20)30-14-16-31(17-15-30)27(35)18-21-19-28-24-9-5-4-8-22(21)24/h1-9,19,28H,10-18H2. The highest BCUT2D eigenvalue weighted by Gasteiger charge is 2.26. The van der Waals surface area contributed by atoms with Crippen molar-refractivity contribution in [3.63, 3.8) is 0 Å². The summed E-state index contributed by atoms with van der Waals surface area (Å²) in [7, 11) is 0. The van der Waals surface area contributed by atoms with Gasteiger partial charge >= 0.3 is 0 Å². The van der Waals surface area contributed by atoms with Crippen molar-refractivity contribution in [2.75, 3.05) is 32.7 Å². The van der Waals surface area contributed by atoms with E-state index in [4.69, 9.17) is 0 Å². The highest BCUT2D eigenvalue weighted by atomic mass is 16.2. The first-order valence-electron chi connectivity index (χ1n) is 12.1. The van der Waals surface area contributed by atoms with E-state index < -0.39 is 0 Å². The summed E-state index contributed by atoms with van der Waals surface area (Å²) in [4.78, 5) is 44.9. The van der Waals surface area contributed by atoms with Crippen LogP contribution in [0, 0.1) is 0 Å². The number of aromatic amines is 1. The largest absolute Gasteiger partial charge is 0.361 e. The Hall–Kier alpha value is -3.94. The maximum atomic E-state index is 12.8. The van der Waals surface area contributed by atoms with Crippen molar-refractivity contribution in [2.45, 2.75) is 25.7 Å². The Kier molecular flexibility index (Phi) is 6.61. The van der Waals surface area contributed by atoms with Crippen molar-refractivity contribution >= 4 is 34.3 Å². The zero-order valence-corrected chi connectivity index (χ0v) is 19.7. The maximum Gasteiger partial charge on any atom is 0.243 e. The number of hydrazone groups is 1. The summed E-state index contributed by atoms with van der Waals surface area (Å²) in [6, 6.07) is 17.8. The summed E-state index contributed by atoms with van der Waals surface area (Å²) >= 11 is 0. The molecule has 5 rings (SSSR count). The molecule has 2 aliphatic heterocycles. The van der Waals surface area contributed by atoms with Crippen LogP contribution in [-0.2, 0) is 20.8 Å². The first kappa shape index (κ1) is 22.8. The Morgan fingerprint density at radius 3 is 2.20 bits per heavy atom. The van der Waals surface area contributed by atoms with E-state index in [2.05, 4.69) is 10.1 Å². The molecule has 180 valence electrons. The van der Waals surface area contributed by atoms with Crippen molar-refractivity contribution < 1.29 is 14.4 Å². The van der Waals surface area contributed by atoms with Crippen LogP contribution in [0.2, 0.25) is 0 Å². The second-order valence-electron chi connectivity index (χ2n) is 8.98. The molecule has 3 aromatic rings. The Morgan fingerprint density at radius 1 is 0.771 bits per heavy atom. The molecule has 8 nitrogen and oxygen atoms in total. The van der Waals surface area contributed by atoms with E-state index >= 15 is 0 Å². The summed E-state index contributed by atoms with van der Waals surface area (Å²) in [6.45, 7) is 2.56. The minimum absolute atomic E-state index is 0.0477. The number of nitrogens with one attached hydrogen (secondary N) is 1. The zero-order chi connectivity index (χ0) is 24.2. The minimum Gasteiger partial charge on any atom is -0.361 e. The number of H-pyrrole nitrogens is 1. The lowest BCUT2D eigenvalue weighted by Gasteiger charge is -2.35. The number of carbonyl (C=O) groups is 3. The third kappa shape index (κ3) is 5.11. The predicted molar refractivity (Wildman–Crippen MR) is 134 cm³/mol. The molecular weight excluding hydrogens is 442 g/mol. The van der Waals surface area contributed by atoms with Crippen LogP contribution in [0.3, 0.4) is 0 Å². The molecule has 3 heterocycles. The highest BCUT2D eigenvalue weighted by molar-refractivity contribution is 6.02. The molecule has 1 saturated heterocycles. The SMILES string of the molecule is O=C(CCC(=O)N1CCC(c2ccccc2)=N1)N1CCN(C(=O)Cc2c[nH]c3ccccc23)CC1. The number of benzene rings is 2. The third-order valence-electron chi connectivity index (χ3n) is 6.75. The smallest absolute Gasteiger partial charge is 0.243 e. The lowest BCUT2D eigenvalue weighted by atomic mass is 10.1. The second-order valence-corrected chi connectivity index (χ2v) is 8.98. The van der Waals surface area contributed by atoms with E-state index in [0.717, 1.165) is 34.2 Å². The molecule has 0 saturated carbocycles. The monoisotopic (exact) mass is 471 g/mol. The molecule has 2 aromatic carbocycles. The molecule has 1 aromatic heterocycles. The highest BCUT2D eigenvalue weighted by Crippen LogP contribution is 2.19. The van der Waals surface area contributed by atoms with Crippen LogP contribution in [0.4, 0.5) is 0 Å². The van der Waals surface area contributed by atoms with Crippen LogP contribution < -0.4 is 0 Å². The van der Waals surface area contributed by atoms with E-state index in [1.165, 1.54) is 5.01 Å². The number of carbonyl (C=O) groups excluding carboxylic acids is 3. The topological polar surface area (TPSA) is 89.1 Å². The Bertz CT molecular complexity index is 1260. The molecule has 3 amide bonds. The van der Waals surface area contributed by atoms with Crippen LogP contribution in [0.5, 0.6) is 0 Å². The van der Waals surface area contributed by atoms with Gasteiger partial charge in [0.1, 0.15) is 0 Å². The van der Waals surface area contributed by atoms with Gasteiger partial charge in [-0.05, 0) is 17.2 Å². The van der Waals surface area contributed by atoms with Gasteiger partial charge in [-0.3, -0.25) is 14.4 Å². The van der Waals surface area contributed by atoms with Gasteiger partial charge < -0.3 is 14.8 Å². The average molecular weight is 472 g/mol. The molecule has 1 N–H and O–H groups in total. The second kappa shape index (κ2) is 10.1. The van der Waals surface area contributed by atoms with Crippen LogP contribution >= 0.6 is 0 Å². The molecule has 0 atom stereocenters. The van der Waals surface area contributed by atoms with Crippen molar-refractivity contribution in [1.82, 2.24) is 19.8 Å². The Morgan fingerprint density at radius 2 is 1.43 bits per heavy atom. The number of rotatable bonds is 6. The fraction of sp³-hybridized carbons (Fsp3) is 0.333. The van der Waals surface area contributed by atoms with Crippen molar-refractivity contribution in [3.8, 4) is 0 Å². The van der Waals surface area contributed by atoms with E-state index in [0.29, 0.717) is 39.1 Å². The molecule has 2 aliphatic rings. The summed E-state index contributed by atoms with van der Waals surface area (Å²) in [5, 5.41) is 7.01. The number of aromatic nitrogens is 1. The first-order chi connectivity index (χ1) is 17.1. The van der Waals surface area contributed by atoms with Crippen LogP contribution in [0.1, 0.15) is 30.4 Å². The number of hydrogen-bond donors (Lipinski definition) is 1. The summed E-state index contributed by atoms with van der Waals surface area (Å²) in [5.74, 6) is -0.108. The number of amides is 3. The van der Waals surface area contributed by atoms with Gasteiger partial charge in [0.2, 0.25) is 17.7 Å². The molecule has 8 heteroatoms. The molecule has 1 fully saturated rings. The number of hydrogen-bond acceptors (Lipinski definition) is 4. The number of nitrogens with zero attached hydrogens (tertiary/aromatic N) is 4. The van der Waals surface area contributed by atoms with Crippen molar-refractivity contribution in [3.05, 3.63) is 71.9 Å². The number of para-hydroxylation sites is 1. The normalized spacial score (nSPS) is 16.0. The molecule has 0 unspecified atom stereocenters. The molecular formula is C27H29N5O3. The van der Waals surface area contributed by atoms with Gasteiger partial charge in [0.05, 0.1) is 18.7 Å². The lowest BCUT2D eigenvalue weighted by molar-refractivity contribution is -0.140. The molecule has 0 bridgehead atoms. The predicted octanol–water partition coefficient (Wildman–Crippen LogP) is 2.80. The van der Waals surface area contributed by atoms with Crippen LogP contribution in [0.15, 0.2) is 65.9 Å². The van der Waals surface area contributed by atoms with Crippen molar-refractivity contribution in [1.29, 1.82) is 0 Å². The third-order valence-corrected chi connectivity index (χ3v) is 6.75. The first-order valence-corrected chi connectivity index (χ1v) is 12.1. The number of fused-ring (bicyclic) bond motifs is 1. The Labute approximate surface area is 204 Å². The van der Waals surface area contributed by atoms with Gasteiger partial charge in [-0.1, -0.05) is 48.5 Å². The van der Waals surface area contributed by atoms with Crippen LogP contribution in [-0.4, -0.2) is 75.9 Å². The van der Waals surface area contributed by atoms with Gasteiger partial charge in [0.25, 0.3) is 0 Å². The maximum absolute atomic E-state index is 12.8.